The third-order valence-corrected chi connectivity index (χ3v) is 6.02. The lowest BCUT2D eigenvalue weighted by Gasteiger charge is -2.42. The number of halogens is 1. The zero-order valence-electron chi connectivity index (χ0n) is 16.2. The van der Waals surface area contributed by atoms with E-state index in [0.29, 0.717) is 28.8 Å². The van der Waals surface area contributed by atoms with E-state index < -0.39 is 5.82 Å². The van der Waals surface area contributed by atoms with Crippen molar-refractivity contribution in [1.29, 1.82) is 5.26 Å². The minimum absolute atomic E-state index is 0.0954. The molecule has 0 unspecified atom stereocenters. The maximum atomic E-state index is 13.4. The summed E-state index contributed by atoms with van der Waals surface area (Å²) in [6.45, 7) is 1.67. The molecule has 0 spiro atoms. The van der Waals surface area contributed by atoms with Gasteiger partial charge in [-0.2, -0.15) is 5.26 Å². The molecule has 7 nitrogen and oxygen atoms in total. The molecule has 1 saturated carbocycles. The second kappa shape index (κ2) is 7.50. The number of ether oxygens (including phenoxy) is 1. The fourth-order valence-electron chi connectivity index (χ4n) is 4.39. The normalized spacial score (nSPS) is 22.0. The summed E-state index contributed by atoms with van der Waals surface area (Å²) >= 11 is 0. The van der Waals surface area contributed by atoms with E-state index in [-0.39, 0.29) is 23.0 Å². The minimum Gasteiger partial charge on any atom is -0.472 e. The van der Waals surface area contributed by atoms with Gasteiger partial charge in [0.25, 0.3) is 5.56 Å². The van der Waals surface area contributed by atoms with Gasteiger partial charge >= 0.3 is 0 Å². The van der Waals surface area contributed by atoms with Gasteiger partial charge in [0, 0.05) is 37.3 Å². The number of fused-ring (bicyclic) bond motifs is 1. The SMILES string of the molecule is N#Cc1ccc(OC2CN([C@@H]3CC[C@@H](c4nc5ccc(F)cc5c(=O)[nH]4)C3)C2)nc1. The fourth-order valence-corrected chi connectivity index (χ4v) is 4.39. The van der Waals surface area contributed by atoms with Crippen molar-refractivity contribution in [1.82, 2.24) is 19.9 Å². The Hall–Kier alpha value is -3.31. The van der Waals surface area contributed by atoms with Crippen LogP contribution in [-0.2, 0) is 0 Å². The molecule has 1 saturated heterocycles. The number of nitrogens with one attached hydrogen (secondary N) is 1. The number of likely N-dealkylation sites (tertiary alicyclic amines) is 1. The third kappa shape index (κ3) is 3.53. The zero-order chi connectivity index (χ0) is 20.7. The monoisotopic (exact) mass is 405 g/mol. The zero-order valence-corrected chi connectivity index (χ0v) is 16.2. The van der Waals surface area contributed by atoms with Crippen molar-refractivity contribution in [3.05, 3.63) is 64.1 Å². The topological polar surface area (TPSA) is 94.9 Å². The maximum absolute atomic E-state index is 13.4. The molecule has 2 aliphatic rings. The predicted molar refractivity (Wildman–Crippen MR) is 108 cm³/mol. The first-order valence-electron chi connectivity index (χ1n) is 10.1. The average Bonchev–Trinajstić information content (AvgIpc) is 3.21. The van der Waals surface area contributed by atoms with Gasteiger partial charge in [-0.1, -0.05) is 0 Å². The van der Waals surface area contributed by atoms with Crippen molar-refractivity contribution in [2.24, 2.45) is 0 Å². The van der Waals surface area contributed by atoms with Crippen LogP contribution in [0.1, 0.15) is 36.6 Å². The summed E-state index contributed by atoms with van der Waals surface area (Å²) in [5, 5.41) is 9.11. The molecule has 8 heteroatoms. The van der Waals surface area contributed by atoms with Gasteiger partial charge in [0.15, 0.2) is 0 Å². The van der Waals surface area contributed by atoms with E-state index in [1.54, 1.807) is 18.2 Å². The first-order valence-corrected chi connectivity index (χ1v) is 10.1. The van der Waals surface area contributed by atoms with Gasteiger partial charge in [-0.25, -0.2) is 14.4 Å². The highest BCUT2D eigenvalue weighted by Gasteiger charge is 2.38. The van der Waals surface area contributed by atoms with Crippen LogP contribution in [0.3, 0.4) is 0 Å². The Morgan fingerprint density at radius 1 is 1.23 bits per heavy atom. The highest BCUT2D eigenvalue weighted by atomic mass is 19.1. The minimum atomic E-state index is -0.436. The standard InChI is InChI=1S/C22H20FN5O2/c23-15-3-5-19-18(8-15)22(29)27-21(26-19)14-2-4-16(7-14)28-11-17(12-28)30-20-6-1-13(9-24)10-25-20/h1,3,5-6,8,10,14,16-17H,2,4,7,11-12H2,(H,26,27,29)/t14-,16-/m1/s1. The molecule has 0 amide bonds. The van der Waals surface area contributed by atoms with E-state index in [0.717, 1.165) is 32.4 Å². The lowest BCUT2D eigenvalue weighted by Crippen LogP contribution is -2.57. The molecule has 1 aliphatic carbocycles. The molecule has 5 rings (SSSR count). The molecule has 1 N–H and O–H groups in total. The van der Waals surface area contributed by atoms with Crippen molar-refractivity contribution in [3.63, 3.8) is 0 Å². The van der Waals surface area contributed by atoms with Gasteiger partial charge in [0.1, 0.15) is 23.8 Å². The summed E-state index contributed by atoms with van der Waals surface area (Å²) in [7, 11) is 0. The summed E-state index contributed by atoms with van der Waals surface area (Å²) in [6, 6.07) is 10.0. The number of aromatic amines is 1. The van der Waals surface area contributed by atoms with Gasteiger partial charge in [-0.05, 0) is 43.5 Å². The number of nitrogens with zero attached hydrogens (tertiary/aromatic N) is 4. The third-order valence-electron chi connectivity index (χ3n) is 6.02. The second-order valence-electron chi connectivity index (χ2n) is 7.97. The van der Waals surface area contributed by atoms with E-state index in [1.807, 2.05) is 6.07 Å². The van der Waals surface area contributed by atoms with E-state index in [4.69, 9.17) is 10.00 Å². The van der Waals surface area contributed by atoms with Crippen molar-refractivity contribution < 1.29 is 9.13 Å². The number of hydrogen-bond acceptors (Lipinski definition) is 6. The molecule has 2 aromatic heterocycles. The fraction of sp³-hybridized carbons (Fsp3) is 0.364. The summed E-state index contributed by atoms with van der Waals surface area (Å²) in [6.07, 6.45) is 4.53. The first-order chi connectivity index (χ1) is 14.6. The largest absolute Gasteiger partial charge is 0.472 e. The number of pyridine rings is 1. The molecule has 0 bridgehead atoms. The number of H-pyrrole nitrogens is 1. The van der Waals surface area contributed by atoms with Gasteiger partial charge in [0.2, 0.25) is 5.88 Å². The lowest BCUT2D eigenvalue weighted by atomic mass is 10.0. The Balaban J connectivity index is 1.20. The summed E-state index contributed by atoms with van der Waals surface area (Å²) in [4.78, 5) is 26.3. The van der Waals surface area contributed by atoms with Gasteiger partial charge in [-0.15, -0.1) is 0 Å². The Morgan fingerprint density at radius 3 is 2.87 bits per heavy atom. The van der Waals surface area contributed by atoms with Crippen LogP contribution in [-0.4, -0.2) is 45.1 Å². The molecule has 1 aliphatic heterocycles. The Morgan fingerprint density at radius 2 is 2.10 bits per heavy atom. The van der Waals surface area contributed by atoms with Crippen molar-refractivity contribution >= 4 is 10.9 Å². The molecule has 1 aromatic carbocycles. The lowest BCUT2D eigenvalue weighted by molar-refractivity contribution is -0.0100. The van der Waals surface area contributed by atoms with Crippen molar-refractivity contribution in [2.45, 2.75) is 37.3 Å². The summed E-state index contributed by atoms with van der Waals surface area (Å²) < 4.78 is 19.3. The van der Waals surface area contributed by atoms with Crippen molar-refractivity contribution in [2.75, 3.05) is 13.1 Å². The number of aromatic nitrogens is 3. The second-order valence-corrected chi connectivity index (χ2v) is 7.97. The highest BCUT2D eigenvalue weighted by molar-refractivity contribution is 5.77. The number of rotatable bonds is 4. The summed E-state index contributed by atoms with van der Waals surface area (Å²) in [5.74, 6) is 0.987. The van der Waals surface area contributed by atoms with Crippen LogP contribution in [0, 0.1) is 17.1 Å². The average molecular weight is 405 g/mol. The highest BCUT2D eigenvalue weighted by Crippen LogP contribution is 2.37. The van der Waals surface area contributed by atoms with Crippen LogP contribution < -0.4 is 10.3 Å². The maximum Gasteiger partial charge on any atom is 0.258 e. The molecule has 152 valence electrons. The van der Waals surface area contributed by atoms with E-state index in [1.165, 1.54) is 18.3 Å². The number of benzene rings is 1. The molecule has 0 radical (unpaired) electrons. The summed E-state index contributed by atoms with van der Waals surface area (Å²) in [5.41, 5.74) is 0.760. The van der Waals surface area contributed by atoms with Gasteiger partial charge in [-0.3, -0.25) is 9.69 Å². The van der Waals surface area contributed by atoms with E-state index >= 15 is 0 Å². The van der Waals surface area contributed by atoms with Crippen LogP contribution in [0.2, 0.25) is 0 Å². The Kier molecular flexibility index (Phi) is 4.68. The van der Waals surface area contributed by atoms with Crippen molar-refractivity contribution in [3.8, 4) is 11.9 Å². The van der Waals surface area contributed by atoms with Gasteiger partial charge < -0.3 is 9.72 Å². The van der Waals surface area contributed by atoms with Crippen LogP contribution in [0.15, 0.2) is 41.3 Å². The molecular weight excluding hydrogens is 385 g/mol. The number of hydrogen-bond donors (Lipinski definition) is 1. The molecule has 3 heterocycles. The molecule has 30 heavy (non-hydrogen) atoms. The first kappa shape index (κ1) is 18.7. The van der Waals surface area contributed by atoms with Gasteiger partial charge in [0.05, 0.1) is 16.5 Å². The van der Waals surface area contributed by atoms with E-state index in [9.17, 15) is 9.18 Å². The van der Waals surface area contributed by atoms with Crippen LogP contribution in [0.25, 0.3) is 10.9 Å². The number of nitriles is 1. The van der Waals surface area contributed by atoms with Crippen LogP contribution in [0.4, 0.5) is 4.39 Å². The van der Waals surface area contributed by atoms with E-state index in [2.05, 4.69) is 19.9 Å². The Labute approximate surface area is 172 Å². The van der Waals surface area contributed by atoms with Crippen LogP contribution in [0.5, 0.6) is 5.88 Å². The smallest absolute Gasteiger partial charge is 0.258 e. The molecule has 3 aromatic rings. The molecule has 2 atom stereocenters. The molecular formula is C22H20FN5O2. The Bertz CT molecular complexity index is 1180. The molecule has 2 fully saturated rings. The quantitative estimate of drug-likeness (QED) is 0.717. The predicted octanol–water partition coefficient (Wildman–Crippen LogP) is 2.73. The van der Waals surface area contributed by atoms with Crippen LogP contribution >= 0.6 is 0 Å².